The van der Waals surface area contributed by atoms with E-state index in [9.17, 15) is 14.0 Å². The Morgan fingerprint density at radius 1 is 1.12 bits per heavy atom. The molecule has 0 aliphatic carbocycles. The summed E-state index contributed by atoms with van der Waals surface area (Å²) >= 11 is 0. The van der Waals surface area contributed by atoms with Gasteiger partial charge in [0, 0.05) is 31.6 Å². The Bertz CT molecular complexity index is 644. The first-order valence-electron chi connectivity index (χ1n) is 8.47. The molecule has 2 aliphatic rings. The Hall–Kier alpha value is -1.99. The van der Waals surface area contributed by atoms with Gasteiger partial charge in [-0.2, -0.15) is 0 Å². The highest BCUT2D eigenvalue weighted by Gasteiger charge is 2.45. The lowest BCUT2D eigenvalue weighted by atomic mass is 9.88. The lowest BCUT2D eigenvalue weighted by Crippen LogP contribution is -2.53. The molecule has 136 valence electrons. The number of amides is 2. The van der Waals surface area contributed by atoms with Crippen LogP contribution in [0.15, 0.2) is 24.3 Å². The van der Waals surface area contributed by atoms with Gasteiger partial charge in [0.2, 0.25) is 11.8 Å². The molecule has 25 heavy (non-hydrogen) atoms. The maximum Gasteiger partial charge on any atom is 0.239 e. The van der Waals surface area contributed by atoms with Crippen molar-refractivity contribution >= 4 is 17.5 Å². The van der Waals surface area contributed by atoms with Gasteiger partial charge in [0.05, 0.1) is 13.2 Å². The zero-order valence-corrected chi connectivity index (χ0v) is 14.5. The van der Waals surface area contributed by atoms with E-state index in [0.29, 0.717) is 44.8 Å². The smallest absolute Gasteiger partial charge is 0.239 e. The van der Waals surface area contributed by atoms with Crippen molar-refractivity contribution in [1.82, 2.24) is 4.90 Å². The van der Waals surface area contributed by atoms with Crippen molar-refractivity contribution < 1.29 is 23.5 Å². The third-order valence-electron chi connectivity index (χ3n) is 4.83. The normalized spacial score (nSPS) is 19.9. The number of nitrogens with one attached hydrogen (secondary N) is 1. The Morgan fingerprint density at radius 2 is 1.68 bits per heavy atom. The largest absolute Gasteiger partial charge is 0.347 e. The number of carbonyl (C=O) groups is 2. The van der Waals surface area contributed by atoms with Crippen LogP contribution in [0.4, 0.5) is 10.1 Å². The Balaban J connectivity index is 1.61. The topological polar surface area (TPSA) is 67.9 Å². The van der Waals surface area contributed by atoms with E-state index in [1.54, 1.807) is 18.7 Å². The van der Waals surface area contributed by atoms with Gasteiger partial charge >= 0.3 is 0 Å². The number of halogens is 1. The third kappa shape index (κ3) is 3.67. The number of rotatable bonds is 3. The van der Waals surface area contributed by atoms with Crippen LogP contribution in [0.1, 0.15) is 26.7 Å². The van der Waals surface area contributed by atoms with E-state index in [1.807, 2.05) is 0 Å². The standard InChI is InChI=1S/C18H23FN2O4/c1-17(2,15(22)20-14-5-3-13(19)4-6-14)16(23)21-9-7-18(8-10-21)24-11-12-25-18/h3-6H,7-12H2,1-2H3,(H,20,22). The SMILES string of the molecule is CC(C)(C(=O)Nc1ccc(F)cc1)C(=O)N1CCC2(CC1)OCCO2. The van der Waals surface area contributed by atoms with Crippen LogP contribution in [0.5, 0.6) is 0 Å². The van der Waals surface area contributed by atoms with Crippen LogP contribution < -0.4 is 5.32 Å². The number of anilines is 1. The van der Waals surface area contributed by atoms with Crippen LogP contribution in [0.25, 0.3) is 0 Å². The molecule has 0 aromatic heterocycles. The molecule has 3 rings (SSSR count). The molecule has 2 saturated heterocycles. The van der Waals surface area contributed by atoms with Crippen LogP contribution in [0, 0.1) is 11.2 Å². The monoisotopic (exact) mass is 350 g/mol. The first-order chi connectivity index (χ1) is 11.8. The van der Waals surface area contributed by atoms with Gasteiger partial charge in [-0.1, -0.05) is 0 Å². The average molecular weight is 350 g/mol. The summed E-state index contributed by atoms with van der Waals surface area (Å²) in [6.45, 7) is 5.35. The van der Waals surface area contributed by atoms with Crippen molar-refractivity contribution in [2.45, 2.75) is 32.5 Å². The van der Waals surface area contributed by atoms with Gasteiger partial charge in [0.1, 0.15) is 11.2 Å². The number of benzene rings is 1. The van der Waals surface area contributed by atoms with Crippen molar-refractivity contribution in [2.75, 3.05) is 31.6 Å². The number of carbonyl (C=O) groups excluding carboxylic acids is 2. The van der Waals surface area contributed by atoms with E-state index < -0.39 is 17.1 Å². The number of ether oxygens (including phenoxy) is 2. The van der Waals surface area contributed by atoms with Gasteiger partial charge in [-0.05, 0) is 38.1 Å². The molecule has 1 aromatic rings. The molecule has 0 atom stereocenters. The fourth-order valence-corrected chi connectivity index (χ4v) is 3.15. The number of hydrogen-bond donors (Lipinski definition) is 1. The van der Waals surface area contributed by atoms with Crippen molar-refractivity contribution in [3.05, 3.63) is 30.1 Å². The molecule has 6 nitrogen and oxygen atoms in total. The number of hydrogen-bond acceptors (Lipinski definition) is 4. The van der Waals surface area contributed by atoms with Crippen molar-refractivity contribution in [2.24, 2.45) is 5.41 Å². The van der Waals surface area contributed by atoms with E-state index >= 15 is 0 Å². The summed E-state index contributed by atoms with van der Waals surface area (Å²) < 4.78 is 24.3. The van der Waals surface area contributed by atoms with E-state index in [0.717, 1.165) is 0 Å². The van der Waals surface area contributed by atoms with E-state index in [-0.39, 0.29) is 11.7 Å². The first-order valence-corrected chi connectivity index (χ1v) is 8.47. The van der Waals surface area contributed by atoms with Crippen LogP contribution in [0.2, 0.25) is 0 Å². The van der Waals surface area contributed by atoms with E-state index in [1.165, 1.54) is 24.3 Å². The molecule has 0 radical (unpaired) electrons. The minimum absolute atomic E-state index is 0.236. The predicted molar refractivity (Wildman–Crippen MR) is 89.3 cm³/mol. The lowest BCUT2D eigenvalue weighted by Gasteiger charge is -2.40. The molecular formula is C18H23FN2O4. The maximum absolute atomic E-state index is 13.0. The molecule has 1 spiro atoms. The van der Waals surface area contributed by atoms with Crippen molar-refractivity contribution in [3.8, 4) is 0 Å². The highest BCUT2D eigenvalue weighted by molar-refractivity contribution is 6.09. The van der Waals surface area contributed by atoms with Crippen LogP contribution in [-0.2, 0) is 19.1 Å². The molecule has 2 aliphatic heterocycles. The summed E-state index contributed by atoms with van der Waals surface area (Å²) in [6.07, 6.45) is 1.21. The second-order valence-corrected chi connectivity index (χ2v) is 6.99. The lowest BCUT2D eigenvalue weighted by molar-refractivity contribution is -0.189. The predicted octanol–water partition coefficient (Wildman–Crippen LogP) is 2.16. The number of piperidine rings is 1. The van der Waals surface area contributed by atoms with Crippen LogP contribution in [-0.4, -0.2) is 48.8 Å². The molecule has 2 amide bonds. The van der Waals surface area contributed by atoms with E-state index in [2.05, 4.69) is 5.32 Å². The molecule has 1 aromatic carbocycles. The average Bonchev–Trinajstić information content (AvgIpc) is 3.05. The molecular weight excluding hydrogens is 327 g/mol. The van der Waals surface area contributed by atoms with Gasteiger partial charge in [-0.3, -0.25) is 9.59 Å². The zero-order chi connectivity index (χ0) is 18.1. The third-order valence-corrected chi connectivity index (χ3v) is 4.83. The van der Waals surface area contributed by atoms with E-state index in [4.69, 9.17) is 9.47 Å². The van der Waals surface area contributed by atoms with Crippen molar-refractivity contribution in [1.29, 1.82) is 0 Å². The molecule has 1 N–H and O–H groups in total. The Labute approximate surface area is 146 Å². The fraction of sp³-hybridized carbons (Fsp3) is 0.556. The molecule has 2 heterocycles. The zero-order valence-electron chi connectivity index (χ0n) is 14.5. The molecule has 7 heteroatoms. The van der Waals surface area contributed by atoms with Crippen LogP contribution >= 0.6 is 0 Å². The summed E-state index contributed by atoms with van der Waals surface area (Å²) in [5, 5.41) is 2.68. The Morgan fingerprint density at radius 3 is 2.24 bits per heavy atom. The molecule has 2 fully saturated rings. The maximum atomic E-state index is 13.0. The highest BCUT2D eigenvalue weighted by atomic mass is 19.1. The minimum atomic E-state index is -1.23. The quantitative estimate of drug-likeness (QED) is 0.849. The Kier molecular flexibility index (Phi) is 4.79. The van der Waals surface area contributed by atoms with Crippen LogP contribution in [0.3, 0.4) is 0 Å². The van der Waals surface area contributed by atoms with Gasteiger partial charge in [0.25, 0.3) is 0 Å². The number of likely N-dealkylation sites (tertiary alicyclic amines) is 1. The second-order valence-electron chi connectivity index (χ2n) is 6.99. The van der Waals surface area contributed by atoms with Gasteiger partial charge < -0.3 is 19.7 Å². The summed E-state index contributed by atoms with van der Waals surface area (Å²) in [4.78, 5) is 27.1. The second kappa shape index (κ2) is 6.72. The molecule has 0 saturated carbocycles. The van der Waals surface area contributed by atoms with Gasteiger partial charge in [-0.15, -0.1) is 0 Å². The van der Waals surface area contributed by atoms with Gasteiger partial charge in [0.15, 0.2) is 5.79 Å². The van der Waals surface area contributed by atoms with Crippen molar-refractivity contribution in [3.63, 3.8) is 0 Å². The first kappa shape index (κ1) is 17.8. The molecule has 0 unspecified atom stereocenters. The fourth-order valence-electron chi connectivity index (χ4n) is 3.15. The van der Waals surface area contributed by atoms with Gasteiger partial charge in [-0.25, -0.2) is 4.39 Å². The number of nitrogens with zero attached hydrogens (tertiary/aromatic N) is 1. The summed E-state index contributed by atoms with van der Waals surface area (Å²) in [5.41, 5.74) is -0.770. The summed E-state index contributed by atoms with van der Waals surface area (Å²) in [7, 11) is 0. The molecule has 0 bridgehead atoms. The summed E-state index contributed by atoms with van der Waals surface area (Å²) in [6, 6.07) is 5.45. The summed E-state index contributed by atoms with van der Waals surface area (Å²) in [5.74, 6) is -1.60. The highest BCUT2D eigenvalue weighted by Crippen LogP contribution is 2.33. The minimum Gasteiger partial charge on any atom is -0.347 e.